The average molecular weight is 347 g/mol. The van der Waals surface area contributed by atoms with Crippen molar-refractivity contribution in [2.75, 3.05) is 11.9 Å². The van der Waals surface area contributed by atoms with Crippen LogP contribution in [0.1, 0.15) is 63.3 Å². The zero-order chi connectivity index (χ0) is 18.1. The average Bonchev–Trinajstić information content (AvgIpc) is 2.59. The number of carboxylic acids is 1. The van der Waals surface area contributed by atoms with Crippen LogP contribution in [0.25, 0.3) is 0 Å². The normalized spacial score (nSPS) is 14.3. The van der Waals surface area contributed by atoms with Crippen LogP contribution in [0.2, 0.25) is 0 Å². The van der Waals surface area contributed by atoms with Crippen molar-refractivity contribution in [2.45, 2.75) is 70.8 Å². The second kappa shape index (κ2) is 10.0. The van der Waals surface area contributed by atoms with Gasteiger partial charge in [0.2, 0.25) is 5.91 Å². The Labute approximate surface area is 149 Å². The van der Waals surface area contributed by atoms with Gasteiger partial charge in [-0.1, -0.05) is 25.7 Å². The van der Waals surface area contributed by atoms with Gasteiger partial charge in [-0.05, 0) is 44.2 Å². The molecule has 1 aliphatic heterocycles. The predicted molar refractivity (Wildman–Crippen MR) is 97.7 cm³/mol. The highest BCUT2D eigenvalue weighted by atomic mass is 16.4. The number of anilines is 1. The summed E-state index contributed by atoms with van der Waals surface area (Å²) >= 11 is 0. The number of carbonyl (C=O) groups excluding carboxylic acids is 1. The summed E-state index contributed by atoms with van der Waals surface area (Å²) < 4.78 is 0. The Bertz CT molecular complexity index is 589. The number of amides is 1. The van der Waals surface area contributed by atoms with Gasteiger partial charge in [0.05, 0.1) is 11.4 Å². The second-order valence-electron chi connectivity index (χ2n) is 6.72. The van der Waals surface area contributed by atoms with Crippen LogP contribution in [0.3, 0.4) is 0 Å². The molecule has 6 nitrogen and oxygen atoms in total. The van der Waals surface area contributed by atoms with E-state index < -0.39 is 12.0 Å². The summed E-state index contributed by atoms with van der Waals surface area (Å²) in [5, 5.41) is 14.9. The minimum atomic E-state index is -0.955. The lowest BCUT2D eigenvalue weighted by molar-refractivity contribution is -0.141. The molecule has 0 radical (unpaired) electrons. The molecule has 0 fully saturated rings. The Kier molecular flexibility index (Phi) is 7.70. The molecule has 0 saturated carbocycles. The van der Waals surface area contributed by atoms with E-state index in [1.54, 1.807) is 0 Å². The molecule has 3 N–H and O–H groups in total. The van der Waals surface area contributed by atoms with E-state index in [2.05, 4.69) is 22.8 Å². The highest BCUT2D eigenvalue weighted by Crippen LogP contribution is 2.20. The molecule has 1 atom stereocenters. The summed E-state index contributed by atoms with van der Waals surface area (Å²) in [6.07, 6.45) is 8.83. The van der Waals surface area contributed by atoms with Crippen LogP contribution in [0.15, 0.2) is 12.1 Å². The van der Waals surface area contributed by atoms with Crippen LogP contribution in [0.4, 0.5) is 5.69 Å². The molecule has 0 aromatic carbocycles. The first-order valence-electron chi connectivity index (χ1n) is 9.29. The fourth-order valence-electron chi connectivity index (χ4n) is 3.20. The summed E-state index contributed by atoms with van der Waals surface area (Å²) in [4.78, 5) is 26.8. The van der Waals surface area contributed by atoms with Gasteiger partial charge < -0.3 is 15.7 Å². The van der Waals surface area contributed by atoms with Crippen LogP contribution >= 0.6 is 0 Å². The van der Waals surface area contributed by atoms with Crippen LogP contribution in [0.5, 0.6) is 0 Å². The minimum Gasteiger partial charge on any atom is -0.480 e. The van der Waals surface area contributed by atoms with E-state index in [1.165, 1.54) is 24.0 Å². The number of fused-ring (bicyclic) bond motifs is 1. The minimum absolute atomic E-state index is 0.292. The zero-order valence-corrected chi connectivity index (χ0v) is 15.0. The lowest BCUT2D eigenvalue weighted by atomic mass is 10.0. The van der Waals surface area contributed by atoms with Gasteiger partial charge in [0.1, 0.15) is 6.04 Å². The molecule has 0 spiro atoms. The first-order valence-corrected chi connectivity index (χ1v) is 9.29. The number of unbranched alkanes of at least 4 members (excludes halogenated alkanes) is 4. The molecule has 0 saturated heterocycles. The molecular weight excluding hydrogens is 318 g/mol. The van der Waals surface area contributed by atoms with E-state index in [9.17, 15) is 9.59 Å². The lowest BCUT2D eigenvalue weighted by Crippen LogP contribution is -2.39. The summed E-state index contributed by atoms with van der Waals surface area (Å²) in [6.45, 7) is 2.39. The Morgan fingerprint density at radius 3 is 2.76 bits per heavy atom. The monoisotopic (exact) mass is 347 g/mol. The lowest BCUT2D eigenvalue weighted by Gasteiger charge is -2.17. The molecule has 1 aromatic heterocycles. The van der Waals surface area contributed by atoms with E-state index in [-0.39, 0.29) is 5.91 Å². The molecule has 1 aromatic rings. The number of hydrogen-bond acceptors (Lipinski definition) is 4. The Morgan fingerprint density at radius 2 is 2.00 bits per heavy atom. The van der Waals surface area contributed by atoms with Crippen molar-refractivity contribution >= 4 is 17.6 Å². The topological polar surface area (TPSA) is 91.3 Å². The molecule has 2 heterocycles. The number of pyridine rings is 1. The van der Waals surface area contributed by atoms with Gasteiger partial charge in [-0.15, -0.1) is 0 Å². The van der Waals surface area contributed by atoms with E-state index >= 15 is 0 Å². The third kappa shape index (κ3) is 6.72. The second-order valence-corrected chi connectivity index (χ2v) is 6.72. The van der Waals surface area contributed by atoms with Crippen molar-refractivity contribution in [3.05, 3.63) is 23.5 Å². The number of rotatable bonds is 10. The molecule has 1 unspecified atom stereocenters. The third-order valence-corrected chi connectivity index (χ3v) is 4.54. The number of nitrogens with one attached hydrogen (secondary N) is 2. The molecule has 1 aliphatic rings. The SMILES string of the molecule is CC(=O)NC(CCCCCCCc1ccc2c(n1)CCCN2)C(=O)O. The van der Waals surface area contributed by atoms with E-state index in [4.69, 9.17) is 10.1 Å². The van der Waals surface area contributed by atoms with E-state index in [0.717, 1.165) is 57.9 Å². The van der Waals surface area contributed by atoms with Crippen molar-refractivity contribution in [1.29, 1.82) is 0 Å². The standard InChI is InChI=1S/C19H29N3O3/c1-14(23)21-18(19(24)25)9-6-4-2-3-5-8-15-11-12-16-17(22-15)10-7-13-20-16/h11-12,18,20H,2-10,13H2,1H3,(H,21,23)(H,24,25). The molecule has 25 heavy (non-hydrogen) atoms. The fourth-order valence-corrected chi connectivity index (χ4v) is 3.20. The van der Waals surface area contributed by atoms with E-state index in [1.807, 2.05) is 0 Å². The molecule has 138 valence electrons. The molecule has 6 heteroatoms. The number of hydrogen-bond donors (Lipinski definition) is 3. The molecular formula is C19H29N3O3. The van der Waals surface area contributed by atoms with Gasteiger partial charge in [-0.25, -0.2) is 4.79 Å². The molecule has 0 aliphatic carbocycles. The van der Waals surface area contributed by atoms with Gasteiger partial charge in [-0.2, -0.15) is 0 Å². The first-order chi connectivity index (χ1) is 12.1. The first kappa shape index (κ1) is 19.2. The maximum absolute atomic E-state index is 11.0. The van der Waals surface area contributed by atoms with Crippen LogP contribution in [-0.2, 0) is 22.4 Å². The third-order valence-electron chi connectivity index (χ3n) is 4.54. The highest BCUT2D eigenvalue weighted by molar-refractivity contribution is 5.81. The largest absolute Gasteiger partial charge is 0.480 e. The maximum atomic E-state index is 11.0. The number of carboxylic acid groups (broad SMARTS) is 1. The fraction of sp³-hybridized carbons (Fsp3) is 0.632. The Morgan fingerprint density at radius 1 is 1.24 bits per heavy atom. The van der Waals surface area contributed by atoms with Crippen LogP contribution in [0, 0.1) is 0 Å². The summed E-state index contributed by atoms with van der Waals surface area (Å²) in [5.74, 6) is -1.25. The van der Waals surface area contributed by atoms with Crippen molar-refractivity contribution in [1.82, 2.24) is 10.3 Å². The van der Waals surface area contributed by atoms with Gasteiger partial charge in [-0.3, -0.25) is 9.78 Å². The van der Waals surface area contributed by atoms with Crippen molar-refractivity contribution in [3.8, 4) is 0 Å². The quantitative estimate of drug-likeness (QED) is 0.566. The number of aromatic nitrogens is 1. The number of carbonyl (C=O) groups is 2. The van der Waals surface area contributed by atoms with Crippen molar-refractivity contribution in [2.24, 2.45) is 0 Å². The number of aliphatic carboxylic acids is 1. The molecule has 1 amide bonds. The van der Waals surface area contributed by atoms with Gasteiger partial charge in [0.15, 0.2) is 0 Å². The summed E-state index contributed by atoms with van der Waals surface area (Å²) in [5.41, 5.74) is 3.54. The van der Waals surface area contributed by atoms with Gasteiger partial charge in [0, 0.05) is 19.2 Å². The van der Waals surface area contributed by atoms with Gasteiger partial charge >= 0.3 is 5.97 Å². The number of nitrogens with zero attached hydrogens (tertiary/aromatic N) is 1. The Hall–Kier alpha value is -2.11. The summed E-state index contributed by atoms with van der Waals surface area (Å²) in [7, 11) is 0. The predicted octanol–water partition coefficient (Wildman–Crippen LogP) is 2.91. The van der Waals surface area contributed by atoms with Crippen LogP contribution in [-0.4, -0.2) is 34.6 Å². The molecule has 2 rings (SSSR count). The van der Waals surface area contributed by atoms with Gasteiger partial charge in [0.25, 0.3) is 0 Å². The smallest absolute Gasteiger partial charge is 0.326 e. The highest BCUT2D eigenvalue weighted by Gasteiger charge is 2.17. The van der Waals surface area contributed by atoms with Crippen molar-refractivity contribution < 1.29 is 14.7 Å². The van der Waals surface area contributed by atoms with Crippen molar-refractivity contribution in [3.63, 3.8) is 0 Å². The maximum Gasteiger partial charge on any atom is 0.326 e. The van der Waals surface area contributed by atoms with E-state index in [0.29, 0.717) is 6.42 Å². The Balaban J connectivity index is 1.59. The van der Waals surface area contributed by atoms with Crippen LogP contribution < -0.4 is 10.6 Å². The molecule has 0 bridgehead atoms. The zero-order valence-electron chi connectivity index (χ0n) is 15.0. The summed E-state index contributed by atoms with van der Waals surface area (Å²) in [6, 6.07) is 3.50. The number of aryl methyl sites for hydroxylation is 2.